The fraction of sp³-hybridized carbons (Fsp3) is 0. The topological polar surface area (TPSA) is 190 Å². The Morgan fingerprint density at radius 2 is 0.571 bits per heavy atom. The molecular weight excluding hydrogens is 547 g/mol. The molecular formula is BaGe3O9Ti. The average Bonchev–Trinajstić information content (AvgIpc) is 1.54. The molecule has 14 heteroatoms. The van der Waals surface area contributed by atoms with E-state index in [0.717, 1.165) is 0 Å². The third-order valence-corrected chi connectivity index (χ3v) is 0. The van der Waals surface area contributed by atoms with Crippen molar-refractivity contribution in [1.29, 1.82) is 0 Å². The summed E-state index contributed by atoms with van der Waals surface area (Å²) in [4.78, 5) is 0. The van der Waals surface area contributed by atoms with Crippen molar-refractivity contribution in [2.24, 2.45) is 0 Å². The zero-order valence-electron chi connectivity index (χ0n) is 6.38. The molecule has 0 aliphatic rings. The monoisotopic (exact) mass is 552 g/mol. The van der Waals surface area contributed by atoms with Crippen LogP contribution in [0.25, 0.3) is 0 Å². The van der Waals surface area contributed by atoms with E-state index in [4.69, 9.17) is 36.1 Å². The van der Waals surface area contributed by atoms with Crippen molar-refractivity contribution in [3.63, 3.8) is 0 Å². The minimum atomic E-state index is -4.08. The van der Waals surface area contributed by atoms with E-state index in [1.165, 1.54) is 0 Å². The van der Waals surface area contributed by atoms with Gasteiger partial charge in [0.2, 0.25) is 0 Å². The summed E-state index contributed by atoms with van der Waals surface area (Å²) in [5, 5.41) is 0. The average molecular weight is 547 g/mol. The zero-order valence-corrected chi connectivity index (χ0v) is 18.7. The molecule has 0 rings (SSSR count). The molecule has 0 aliphatic heterocycles. The van der Waals surface area contributed by atoms with Gasteiger partial charge in [0, 0.05) is 0 Å². The first-order chi connectivity index (χ1) is 5.20. The van der Waals surface area contributed by atoms with Crippen molar-refractivity contribution in [3.8, 4) is 0 Å². The molecule has 0 saturated heterocycles. The molecule has 9 nitrogen and oxygen atoms in total. The van der Waals surface area contributed by atoms with Gasteiger partial charge in [0.05, 0.1) is 0 Å². The van der Waals surface area contributed by atoms with E-state index >= 15 is 0 Å². The first-order valence-electron chi connectivity index (χ1n) is 1.84. The minimum Gasteiger partial charge on any atom is 4.00 e. The van der Waals surface area contributed by atoms with Crippen LogP contribution in [0.3, 0.4) is 0 Å². The van der Waals surface area contributed by atoms with Crippen LogP contribution >= 0.6 is 0 Å². The van der Waals surface area contributed by atoms with E-state index in [9.17, 15) is 0 Å². The molecule has 0 spiro atoms. The Morgan fingerprint density at radius 3 is 0.571 bits per heavy atom. The maximum atomic E-state index is 8.58. The second-order valence-corrected chi connectivity index (χ2v) is 3.90. The Morgan fingerprint density at radius 1 is 0.571 bits per heavy atom. The molecule has 0 aromatic heterocycles. The molecule has 0 heterocycles. The van der Waals surface area contributed by atoms with Crippen LogP contribution in [0, 0.1) is 0 Å². The van der Waals surface area contributed by atoms with Crippen molar-refractivity contribution < 1.29 is 57.9 Å². The number of rotatable bonds is 0. The molecule has 0 atom stereocenters. The van der Waals surface area contributed by atoms with Crippen LogP contribution in [-0.2, 0) is 33.1 Å². The van der Waals surface area contributed by atoms with Crippen LogP contribution in [0.1, 0.15) is 0 Å². The van der Waals surface area contributed by atoms with Crippen LogP contribution in [0.2, 0.25) is 0 Å². The van der Waals surface area contributed by atoms with E-state index in [0.29, 0.717) is 0 Å². The van der Waals surface area contributed by atoms with E-state index in [1.54, 1.807) is 0 Å². The Bertz CT molecular complexity index is 118. The van der Waals surface area contributed by atoms with Crippen LogP contribution in [0.4, 0.5) is 0 Å². The predicted molar refractivity (Wildman–Crippen MR) is 25.1 cm³/mol. The first-order valence-corrected chi connectivity index (χ1v) is 9.55. The Kier molecular flexibility index (Phi) is 51.9. The Labute approximate surface area is 149 Å². The van der Waals surface area contributed by atoms with Gasteiger partial charge < -0.3 is 0 Å². The van der Waals surface area contributed by atoms with Crippen LogP contribution in [0.5, 0.6) is 0 Å². The molecule has 0 unspecified atom stereocenters. The summed E-state index contributed by atoms with van der Waals surface area (Å²) < 4.78 is 77.2. The van der Waals surface area contributed by atoms with Crippen molar-refractivity contribution in [2.45, 2.75) is 0 Å². The Balaban J connectivity index is -0.0000000270. The minimum absolute atomic E-state index is 0. The predicted octanol–water partition coefficient (Wildman–Crippen LogP) is -9.02. The molecule has 0 aromatic carbocycles. The summed E-state index contributed by atoms with van der Waals surface area (Å²) in [5.41, 5.74) is 0. The van der Waals surface area contributed by atoms with E-state index < -0.39 is 44.9 Å². The molecule has 0 amide bonds. The molecule has 0 aromatic rings. The van der Waals surface area contributed by atoms with Gasteiger partial charge in [-0.15, -0.1) is 0 Å². The van der Waals surface area contributed by atoms with Gasteiger partial charge in [0.25, 0.3) is 0 Å². The largest absolute Gasteiger partial charge is 4.00 e. The smallest absolute Gasteiger partial charge is 4.00 e. The summed E-state index contributed by atoms with van der Waals surface area (Å²) in [6.45, 7) is 0. The Hall–Kier alpha value is 2.11. The third-order valence-electron chi connectivity index (χ3n) is 0. The molecule has 0 aliphatic carbocycles. The molecule has 0 N–H and O–H groups in total. The van der Waals surface area contributed by atoms with Crippen molar-refractivity contribution in [1.82, 2.24) is 0 Å². The van der Waals surface area contributed by atoms with Gasteiger partial charge in [0.15, 0.2) is 0 Å². The fourth-order valence-electron chi connectivity index (χ4n) is 0. The second kappa shape index (κ2) is 24.4. The SMILES string of the molecule is [Ba+2].[O]=[Ge]([O-])[O-].[O]=[Ge]([O-])[O-].[O]=[Ge]([O-])[O-].[Ti+4]. The van der Waals surface area contributed by atoms with E-state index in [-0.39, 0.29) is 70.6 Å². The van der Waals surface area contributed by atoms with Crippen molar-refractivity contribution in [3.05, 3.63) is 0 Å². The van der Waals surface area contributed by atoms with Crippen molar-refractivity contribution >= 4 is 93.8 Å². The summed E-state index contributed by atoms with van der Waals surface area (Å²) in [5.74, 6) is 0. The third kappa shape index (κ3) is 543. The standard InChI is InChI=1S/Ba.3GeO3.Ti/c;3*2-1(3)4;/q+2;3*-2;+4. The number of hydrogen-bond donors (Lipinski definition) is 0. The summed E-state index contributed by atoms with van der Waals surface area (Å²) in [7, 11) is 0. The van der Waals surface area contributed by atoms with E-state index in [2.05, 4.69) is 0 Å². The van der Waals surface area contributed by atoms with Gasteiger partial charge in [-0.25, -0.2) is 0 Å². The maximum Gasteiger partial charge on any atom is 4.00 e. The quantitative estimate of drug-likeness (QED) is 0.265. The second-order valence-electron chi connectivity index (χ2n) is 0.750. The van der Waals surface area contributed by atoms with Crippen LogP contribution < -0.4 is 24.8 Å². The summed E-state index contributed by atoms with van der Waals surface area (Å²) >= 11 is -12.2. The first kappa shape index (κ1) is 29.8. The van der Waals surface area contributed by atoms with E-state index in [1.807, 2.05) is 0 Å². The van der Waals surface area contributed by atoms with Crippen molar-refractivity contribution in [2.75, 3.05) is 0 Å². The molecule has 72 valence electrons. The molecule has 0 radical (unpaired) electrons. The zero-order chi connectivity index (χ0) is 10.7. The molecule has 0 bridgehead atoms. The van der Waals surface area contributed by atoms with Gasteiger partial charge in [0.1, 0.15) is 0 Å². The van der Waals surface area contributed by atoms with Gasteiger partial charge in [-0.05, 0) is 0 Å². The molecule has 14 heavy (non-hydrogen) atoms. The van der Waals surface area contributed by atoms with Gasteiger partial charge >= 0.3 is 152 Å². The summed E-state index contributed by atoms with van der Waals surface area (Å²) in [6.07, 6.45) is 0. The molecule has 0 fully saturated rings. The molecule has 0 saturated carbocycles. The van der Waals surface area contributed by atoms with Gasteiger partial charge in [-0.3, -0.25) is 0 Å². The maximum absolute atomic E-state index is 8.58. The normalized spacial score (nSPS) is 5.14. The summed E-state index contributed by atoms with van der Waals surface area (Å²) in [6, 6.07) is 0. The van der Waals surface area contributed by atoms with Gasteiger partial charge in [-0.1, -0.05) is 0 Å². The van der Waals surface area contributed by atoms with Crippen LogP contribution in [-0.4, -0.2) is 93.8 Å². The van der Waals surface area contributed by atoms with Gasteiger partial charge in [-0.2, -0.15) is 0 Å². The number of hydrogen-bond acceptors (Lipinski definition) is 9. The van der Waals surface area contributed by atoms with Crippen LogP contribution in [0.15, 0.2) is 0 Å². The fourth-order valence-corrected chi connectivity index (χ4v) is 0.